The van der Waals surface area contributed by atoms with Crippen LogP contribution < -0.4 is 11.3 Å². The van der Waals surface area contributed by atoms with Crippen molar-refractivity contribution >= 4 is 34.0 Å². The SMILES string of the molecule is Cl.NNc1cc(F)cc(Br)c1. The lowest BCUT2D eigenvalue weighted by molar-refractivity contribution is 0.627. The number of nitrogens with two attached hydrogens (primary N) is 1. The first-order valence-electron chi connectivity index (χ1n) is 2.65. The van der Waals surface area contributed by atoms with Crippen molar-refractivity contribution in [2.75, 3.05) is 5.43 Å². The molecule has 1 aromatic carbocycles. The molecule has 11 heavy (non-hydrogen) atoms. The first-order chi connectivity index (χ1) is 4.72. The second-order valence-electron chi connectivity index (χ2n) is 1.80. The first kappa shape index (κ1) is 10.7. The van der Waals surface area contributed by atoms with Crippen molar-refractivity contribution in [3.8, 4) is 0 Å². The van der Waals surface area contributed by atoms with Gasteiger partial charge >= 0.3 is 0 Å². The van der Waals surface area contributed by atoms with Crippen LogP contribution in [0.3, 0.4) is 0 Å². The molecule has 0 aliphatic carbocycles. The van der Waals surface area contributed by atoms with Gasteiger partial charge in [0.15, 0.2) is 0 Å². The Labute approximate surface area is 78.5 Å². The number of benzene rings is 1. The smallest absolute Gasteiger partial charge is 0.126 e. The van der Waals surface area contributed by atoms with E-state index in [9.17, 15) is 4.39 Å². The highest BCUT2D eigenvalue weighted by Gasteiger charge is 1.95. The average molecular weight is 241 g/mol. The molecule has 0 bridgehead atoms. The summed E-state index contributed by atoms with van der Waals surface area (Å²) in [5.41, 5.74) is 2.89. The molecular formula is C6H7BrClFN2. The summed E-state index contributed by atoms with van der Waals surface area (Å²) in [6.07, 6.45) is 0. The molecule has 0 fully saturated rings. The monoisotopic (exact) mass is 240 g/mol. The van der Waals surface area contributed by atoms with Gasteiger partial charge in [0.2, 0.25) is 0 Å². The maximum Gasteiger partial charge on any atom is 0.126 e. The summed E-state index contributed by atoms with van der Waals surface area (Å²) < 4.78 is 13.2. The fraction of sp³-hybridized carbons (Fsp3) is 0. The van der Waals surface area contributed by atoms with E-state index < -0.39 is 0 Å². The van der Waals surface area contributed by atoms with Crippen LogP contribution in [0.1, 0.15) is 0 Å². The molecular weight excluding hydrogens is 234 g/mol. The van der Waals surface area contributed by atoms with Crippen LogP contribution in [0.4, 0.5) is 10.1 Å². The molecule has 3 N–H and O–H groups in total. The lowest BCUT2D eigenvalue weighted by Gasteiger charge is -1.99. The van der Waals surface area contributed by atoms with Gasteiger partial charge in [0.25, 0.3) is 0 Å². The zero-order chi connectivity index (χ0) is 7.56. The number of nitrogens with one attached hydrogen (secondary N) is 1. The molecule has 5 heteroatoms. The predicted octanol–water partition coefficient (Wildman–Crippen LogP) is 2.30. The van der Waals surface area contributed by atoms with E-state index in [2.05, 4.69) is 21.4 Å². The number of anilines is 1. The summed E-state index contributed by atoms with van der Waals surface area (Å²) in [6, 6.07) is 4.36. The third kappa shape index (κ3) is 3.05. The molecule has 0 spiro atoms. The van der Waals surface area contributed by atoms with E-state index in [0.717, 1.165) is 0 Å². The zero-order valence-electron chi connectivity index (χ0n) is 5.47. The van der Waals surface area contributed by atoms with Gasteiger partial charge < -0.3 is 5.43 Å². The van der Waals surface area contributed by atoms with Crippen molar-refractivity contribution in [2.24, 2.45) is 5.84 Å². The third-order valence-corrected chi connectivity index (χ3v) is 1.49. The topological polar surface area (TPSA) is 38.0 Å². The summed E-state index contributed by atoms with van der Waals surface area (Å²) in [5.74, 6) is 4.73. The van der Waals surface area contributed by atoms with Crippen LogP contribution in [0.25, 0.3) is 0 Å². The molecule has 0 saturated heterocycles. The Balaban J connectivity index is 0.000001000. The number of rotatable bonds is 1. The molecule has 0 aliphatic heterocycles. The number of halogens is 3. The van der Waals surface area contributed by atoms with Crippen molar-refractivity contribution < 1.29 is 4.39 Å². The first-order valence-corrected chi connectivity index (χ1v) is 3.44. The molecule has 1 aromatic rings. The molecule has 0 aliphatic rings. The van der Waals surface area contributed by atoms with Crippen LogP contribution in [0.15, 0.2) is 22.7 Å². The van der Waals surface area contributed by atoms with Gasteiger partial charge in [0.1, 0.15) is 5.82 Å². The minimum Gasteiger partial charge on any atom is -0.324 e. The summed E-state index contributed by atoms with van der Waals surface area (Å²) in [6.45, 7) is 0. The quantitative estimate of drug-likeness (QED) is 0.585. The maximum absolute atomic E-state index is 12.5. The molecule has 0 atom stereocenters. The second-order valence-corrected chi connectivity index (χ2v) is 2.72. The third-order valence-electron chi connectivity index (χ3n) is 1.03. The summed E-state index contributed by atoms with van der Waals surface area (Å²) in [7, 11) is 0. The van der Waals surface area contributed by atoms with Crippen LogP contribution >= 0.6 is 28.3 Å². The van der Waals surface area contributed by atoms with Crippen molar-refractivity contribution in [2.45, 2.75) is 0 Å². The van der Waals surface area contributed by atoms with Gasteiger partial charge in [0.05, 0.1) is 5.69 Å². The Morgan fingerprint density at radius 2 is 2.00 bits per heavy atom. The normalized spacial score (nSPS) is 8.64. The molecule has 1 rings (SSSR count). The van der Waals surface area contributed by atoms with Gasteiger partial charge in [-0.05, 0) is 18.2 Å². The summed E-state index contributed by atoms with van der Waals surface area (Å²) in [4.78, 5) is 0. The standard InChI is InChI=1S/C6H6BrFN2.ClH/c7-4-1-5(8)3-6(2-4)10-9;/h1-3,10H,9H2;1H. The maximum atomic E-state index is 12.5. The fourth-order valence-corrected chi connectivity index (χ4v) is 1.10. The van der Waals surface area contributed by atoms with Gasteiger partial charge in [-0.15, -0.1) is 12.4 Å². The lowest BCUT2D eigenvalue weighted by atomic mass is 10.3. The minimum absolute atomic E-state index is 0. The van der Waals surface area contributed by atoms with Crippen LogP contribution in [-0.4, -0.2) is 0 Å². The lowest BCUT2D eigenvalue weighted by Crippen LogP contribution is -2.06. The van der Waals surface area contributed by atoms with Crippen molar-refractivity contribution in [1.82, 2.24) is 0 Å². The number of hydrogen-bond acceptors (Lipinski definition) is 2. The zero-order valence-corrected chi connectivity index (χ0v) is 7.88. The van der Waals surface area contributed by atoms with Crippen molar-refractivity contribution in [1.29, 1.82) is 0 Å². The van der Waals surface area contributed by atoms with Gasteiger partial charge in [-0.3, -0.25) is 5.84 Å². The van der Waals surface area contributed by atoms with Gasteiger partial charge in [-0.25, -0.2) is 4.39 Å². The Morgan fingerprint density at radius 3 is 2.45 bits per heavy atom. The van der Waals surface area contributed by atoms with E-state index in [0.29, 0.717) is 10.2 Å². The Bertz CT molecular complexity index is 224. The Kier molecular flexibility index (Phi) is 4.40. The summed E-state index contributed by atoms with van der Waals surface area (Å²) >= 11 is 3.12. The van der Waals surface area contributed by atoms with Crippen molar-refractivity contribution in [3.63, 3.8) is 0 Å². The van der Waals surface area contributed by atoms with E-state index in [-0.39, 0.29) is 18.2 Å². The molecule has 62 valence electrons. The highest BCUT2D eigenvalue weighted by molar-refractivity contribution is 9.10. The van der Waals surface area contributed by atoms with Gasteiger partial charge in [0, 0.05) is 4.47 Å². The largest absolute Gasteiger partial charge is 0.324 e. The molecule has 0 unspecified atom stereocenters. The van der Waals surface area contributed by atoms with E-state index in [1.807, 2.05) is 0 Å². The van der Waals surface area contributed by atoms with E-state index in [1.54, 1.807) is 6.07 Å². The summed E-state index contributed by atoms with van der Waals surface area (Å²) in [5, 5.41) is 0. The molecule has 0 heterocycles. The molecule has 0 saturated carbocycles. The van der Waals surface area contributed by atoms with Crippen LogP contribution in [0.2, 0.25) is 0 Å². The van der Waals surface area contributed by atoms with E-state index in [1.165, 1.54) is 12.1 Å². The average Bonchev–Trinajstić information content (AvgIpc) is 1.85. The molecule has 0 radical (unpaired) electrons. The Hall–Kier alpha value is -0.320. The molecule has 0 aromatic heterocycles. The highest BCUT2D eigenvalue weighted by Crippen LogP contribution is 2.17. The molecule has 2 nitrogen and oxygen atoms in total. The predicted molar refractivity (Wildman–Crippen MR) is 49.2 cm³/mol. The number of nitrogen functional groups attached to an aromatic ring is 1. The van der Waals surface area contributed by atoms with E-state index in [4.69, 9.17) is 5.84 Å². The highest BCUT2D eigenvalue weighted by atomic mass is 79.9. The number of hydrogen-bond donors (Lipinski definition) is 2. The number of hydrazine groups is 1. The van der Waals surface area contributed by atoms with Gasteiger partial charge in [-0.1, -0.05) is 15.9 Å². The van der Waals surface area contributed by atoms with Crippen LogP contribution in [0, 0.1) is 5.82 Å². The van der Waals surface area contributed by atoms with E-state index >= 15 is 0 Å². The Morgan fingerprint density at radius 1 is 1.36 bits per heavy atom. The fourth-order valence-electron chi connectivity index (χ4n) is 0.637. The molecule has 0 amide bonds. The van der Waals surface area contributed by atoms with Gasteiger partial charge in [-0.2, -0.15) is 0 Å². The van der Waals surface area contributed by atoms with Crippen molar-refractivity contribution in [3.05, 3.63) is 28.5 Å². The second kappa shape index (κ2) is 4.54. The minimum atomic E-state index is -0.317. The van der Waals surface area contributed by atoms with Crippen LogP contribution in [0.5, 0.6) is 0 Å². The van der Waals surface area contributed by atoms with Crippen LogP contribution in [-0.2, 0) is 0 Å².